The molecule has 0 saturated heterocycles. The van der Waals surface area contributed by atoms with Gasteiger partial charge in [-0.2, -0.15) is 8.78 Å². The molecular weight excluding hydrogens is 276 g/mol. The fourth-order valence-corrected chi connectivity index (χ4v) is 2.52. The van der Waals surface area contributed by atoms with Gasteiger partial charge in [0.2, 0.25) is 0 Å². The molecule has 0 bridgehead atoms. The molecular formula is C16H15F2NO2. The maximum atomic E-state index is 12.1. The molecule has 0 fully saturated rings. The highest BCUT2D eigenvalue weighted by Crippen LogP contribution is 2.39. The van der Waals surface area contributed by atoms with Crippen molar-refractivity contribution in [2.24, 2.45) is 5.73 Å². The second-order valence-electron chi connectivity index (χ2n) is 4.93. The minimum Gasteiger partial charge on any atom is -0.485 e. The molecule has 0 saturated carbocycles. The van der Waals surface area contributed by atoms with Crippen molar-refractivity contribution in [3.63, 3.8) is 0 Å². The molecule has 1 aliphatic heterocycles. The molecule has 2 aromatic carbocycles. The quantitative estimate of drug-likeness (QED) is 0.935. The largest absolute Gasteiger partial charge is 0.485 e. The fraction of sp³-hybridized carbons (Fsp3) is 0.250. The molecule has 0 amide bonds. The number of halogens is 2. The first-order valence-corrected chi connectivity index (χ1v) is 6.69. The molecule has 3 rings (SSSR count). The van der Waals surface area contributed by atoms with Crippen LogP contribution in [0.1, 0.15) is 29.7 Å². The summed E-state index contributed by atoms with van der Waals surface area (Å²) in [6.07, 6.45) is 0.460. The molecule has 0 aromatic heterocycles. The first kappa shape index (κ1) is 13.8. The number of benzene rings is 2. The molecule has 110 valence electrons. The SMILES string of the molecule is N[C@@H]1CC(c2ccc(OC(F)F)cc2)Oc2ccccc21. The number of nitrogens with two attached hydrogens (primary N) is 1. The van der Waals surface area contributed by atoms with Gasteiger partial charge in [0, 0.05) is 18.0 Å². The summed E-state index contributed by atoms with van der Waals surface area (Å²) >= 11 is 0. The number of hydrogen-bond acceptors (Lipinski definition) is 3. The van der Waals surface area contributed by atoms with Gasteiger partial charge < -0.3 is 15.2 Å². The molecule has 1 unspecified atom stereocenters. The lowest BCUT2D eigenvalue weighted by Gasteiger charge is -2.30. The molecule has 0 aliphatic carbocycles. The van der Waals surface area contributed by atoms with Crippen molar-refractivity contribution in [3.8, 4) is 11.5 Å². The van der Waals surface area contributed by atoms with Crippen LogP contribution in [0.25, 0.3) is 0 Å². The lowest BCUT2D eigenvalue weighted by molar-refractivity contribution is -0.0498. The maximum Gasteiger partial charge on any atom is 0.387 e. The van der Waals surface area contributed by atoms with E-state index in [0.29, 0.717) is 6.42 Å². The van der Waals surface area contributed by atoms with Gasteiger partial charge in [-0.3, -0.25) is 0 Å². The zero-order valence-corrected chi connectivity index (χ0v) is 11.2. The summed E-state index contributed by atoms with van der Waals surface area (Å²) < 4.78 is 34.5. The summed E-state index contributed by atoms with van der Waals surface area (Å²) in [5, 5.41) is 0. The number of ether oxygens (including phenoxy) is 2. The third kappa shape index (κ3) is 2.97. The highest BCUT2D eigenvalue weighted by Gasteiger charge is 2.26. The first-order valence-electron chi connectivity index (χ1n) is 6.69. The van der Waals surface area contributed by atoms with Crippen molar-refractivity contribution >= 4 is 0 Å². The van der Waals surface area contributed by atoms with E-state index in [-0.39, 0.29) is 17.9 Å². The number of para-hydroxylation sites is 1. The Labute approximate surface area is 121 Å². The van der Waals surface area contributed by atoms with E-state index in [2.05, 4.69) is 4.74 Å². The van der Waals surface area contributed by atoms with Crippen LogP contribution in [0.3, 0.4) is 0 Å². The zero-order valence-electron chi connectivity index (χ0n) is 11.2. The Balaban J connectivity index is 1.79. The van der Waals surface area contributed by atoms with Crippen LogP contribution in [0.2, 0.25) is 0 Å². The lowest BCUT2D eigenvalue weighted by Crippen LogP contribution is -2.24. The van der Waals surface area contributed by atoms with E-state index in [9.17, 15) is 8.78 Å². The summed E-state index contributed by atoms with van der Waals surface area (Å²) in [4.78, 5) is 0. The van der Waals surface area contributed by atoms with Gasteiger partial charge in [0.05, 0.1) is 0 Å². The second kappa shape index (κ2) is 5.69. The van der Waals surface area contributed by atoms with Gasteiger partial charge in [-0.25, -0.2) is 0 Å². The molecule has 1 heterocycles. The van der Waals surface area contributed by atoms with E-state index >= 15 is 0 Å². The van der Waals surface area contributed by atoms with Crippen molar-refractivity contribution in [1.29, 1.82) is 0 Å². The topological polar surface area (TPSA) is 44.5 Å². The van der Waals surface area contributed by atoms with E-state index in [4.69, 9.17) is 10.5 Å². The van der Waals surface area contributed by atoms with Crippen LogP contribution in [0.15, 0.2) is 48.5 Å². The van der Waals surface area contributed by atoms with Gasteiger partial charge in [-0.05, 0) is 23.8 Å². The second-order valence-corrected chi connectivity index (χ2v) is 4.93. The summed E-state index contributed by atoms with van der Waals surface area (Å²) in [6, 6.07) is 14.0. The molecule has 2 atom stereocenters. The van der Waals surface area contributed by atoms with Crippen LogP contribution in [0.4, 0.5) is 8.78 Å². The van der Waals surface area contributed by atoms with Crippen LogP contribution in [-0.2, 0) is 0 Å². The van der Waals surface area contributed by atoms with Crippen molar-refractivity contribution < 1.29 is 18.3 Å². The Hall–Kier alpha value is -2.14. The van der Waals surface area contributed by atoms with E-state index in [0.717, 1.165) is 16.9 Å². The molecule has 2 aromatic rings. The average molecular weight is 291 g/mol. The molecule has 21 heavy (non-hydrogen) atoms. The summed E-state index contributed by atoms with van der Waals surface area (Å²) in [5.74, 6) is 0.906. The molecule has 2 N–H and O–H groups in total. The average Bonchev–Trinajstić information content (AvgIpc) is 2.47. The van der Waals surface area contributed by atoms with Crippen LogP contribution < -0.4 is 15.2 Å². The predicted octanol–water partition coefficient (Wildman–Crippen LogP) is 3.81. The van der Waals surface area contributed by atoms with Gasteiger partial charge in [0.1, 0.15) is 17.6 Å². The van der Waals surface area contributed by atoms with Gasteiger partial charge >= 0.3 is 6.61 Å². The van der Waals surface area contributed by atoms with Gasteiger partial charge in [-0.15, -0.1) is 0 Å². The summed E-state index contributed by atoms with van der Waals surface area (Å²) in [5.41, 5.74) is 8.05. The lowest BCUT2D eigenvalue weighted by atomic mass is 9.93. The van der Waals surface area contributed by atoms with Crippen LogP contribution >= 0.6 is 0 Å². The van der Waals surface area contributed by atoms with E-state index in [1.165, 1.54) is 12.1 Å². The van der Waals surface area contributed by atoms with Crippen LogP contribution in [-0.4, -0.2) is 6.61 Å². The number of hydrogen-bond donors (Lipinski definition) is 1. The Morgan fingerprint density at radius 3 is 2.52 bits per heavy atom. The molecule has 0 spiro atoms. The fourth-order valence-electron chi connectivity index (χ4n) is 2.52. The van der Waals surface area contributed by atoms with Crippen molar-refractivity contribution in [2.45, 2.75) is 25.2 Å². The highest BCUT2D eigenvalue weighted by molar-refractivity contribution is 5.39. The maximum absolute atomic E-state index is 12.1. The number of rotatable bonds is 3. The van der Waals surface area contributed by atoms with Crippen molar-refractivity contribution in [1.82, 2.24) is 0 Å². The third-order valence-corrected chi connectivity index (χ3v) is 3.53. The van der Waals surface area contributed by atoms with Crippen LogP contribution in [0, 0.1) is 0 Å². The van der Waals surface area contributed by atoms with Gasteiger partial charge in [0.15, 0.2) is 0 Å². The summed E-state index contributed by atoms with van der Waals surface area (Å²) in [7, 11) is 0. The van der Waals surface area contributed by atoms with Crippen molar-refractivity contribution in [2.75, 3.05) is 0 Å². The van der Waals surface area contributed by atoms with Crippen LogP contribution in [0.5, 0.6) is 11.5 Å². The summed E-state index contributed by atoms with van der Waals surface area (Å²) in [6.45, 7) is -2.82. The highest BCUT2D eigenvalue weighted by atomic mass is 19.3. The Morgan fingerprint density at radius 1 is 1.10 bits per heavy atom. The van der Waals surface area contributed by atoms with E-state index < -0.39 is 6.61 Å². The minimum atomic E-state index is -2.82. The van der Waals surface area contributed by atoms with E-state index in [1.807, 2.05) is 24.3 Å². The third-order valence-electron chi connectivity index (χ3n) is 3.53. The smallest absolute Gasteiger partial charge is 0.387 e. The van der Waals surface area contributed by atoms with E-state index in [1.54, 1.807) is 12.1 Å². The predicted molar refractivity (Wildman–Crippen MR) is 74.4 cm³/mol. The Morgan fingerprint density at radius 2 is 1.81 bits per heavy atom. The molecule has 5 heteroatoms. The van der Waals surface area contributed by atoms with Crippen molar-refractivity contribution in [3.05, 3.63) is 59.7 Å². The Kier molecular flexibility index (Phi) is 3.75. The molecule has 0 radical (unpaired) electrons. The molecule has 1 aliphatic rings. The standard InChI is InChI=1S/C16H15F2NO2/c17-16(18)20-11-7-5-10(6-8-11)15-9-13(19)12-3-1-2-4-14(12)21-15/h1-8,13,15-16H,9,19H2/t13-,15?/m1/s1. The number of alkyl halides is 2. The minimum absolute atomic E-state index is 0.100. The number of fused-ring (bicyclic) bond motifs is 1. The van der Waals surface area contributed by atoms with Gasteiger partial charge in [0.25, 0.3) is 0 Å². The zero-order chi connectivity index (χ0) is 14.8. The molecule has 3 nitrogen and oxygen atoms in total. The van der Waals surface area contributed by atoms with Gasteiger partial charge in [-0.1, -0.05) is 30.3 Å². The first-order chi connectivity index (χ1) is 10.1. The monoisotopic (exact) mass is 291 g/mol. The normalized spacial score (nSPS) is 20.8. The Bertz CT molecular complexity index is 616.